The molecule has 0 aromatic heterocycles. The fraction of sp³-hybridized carbons (Fsp3) is 0.316. The van der Waals surface area contributed by atoms with Crippen molar-refractivity contribution in [1.29, 1.82) is 0 Å². The van der Waals surface area contributed by atoms with Crippen LogP contribution in [0.3, 0.4) is 0 Å². The van der Waals surface area contributed by atoms with Gasteiger partial charge in [0.25, 0.3) is 0 Å². The summed E-state index contributed by atoms with van der Waals surface area (Å²) in [5, 5.41) is 2.70. The van der Waals surface area contributed by atoms with E-state index in [4.69, 9.17) is 0 Å². The molecule has 0 heterocycles. The molecule has 0 aliphatic carbocycles. The first kappa shape index (κ1) is 19.1. The van der Waals surface area contributed by atoms with Crippen LogP contribution in [0.25, 0.3) is 0 Å². The molecule has 0 bridgehead atoms. The Balaban J connectivity index is 1.88. The van der Waals surface area contributed by atoms with Gasteiger partial charge in [-0.25, -0.2) is 13.1 Å². The molecule has 0 radical (unpaired) electrons. The molecule has 0 fully saturated rings. The third kappa shape index (κ3) is 5.69. The van der Waals surface area contributed by atoms with Gasteiger partial charge in [0.15, 0.2) is 0 Å². The summed E-state index contributed by atoms with van der Waals surface area (Å²) >= 11 is 0. The van der Waals surface area contributed by atoms with Gasteiger partial charge in [0, 0.05) is 6.54 Å². The molecule has 2 rings (SSSR count). The van der Waals surface area contributed by atoms with Crippen molar-refractivity contribution in [2.45, 2.75) is 38.1 Å². The van der Waals surface area contributed by atoms with Gasteiger partial charge in [0.05, 0.1) is 11.4 Å². The lowest BCUT2D eigenvalue weighted by molar-refractivity contribution is -0.120. The van der Waals surface area contributed by atoms with Crippen molar-refractivity contribution in [2.75, 3.05) is 6.54 Å². The van der Waals surface area contributed by atoms with Crippen molar-refractivity contribution in [2.24, 2.45) is 0 Å². The van der Waals surface area contributed by atoms with Crippen molar-refractivity contribution in [3.63, 3.8) is 0 Å². The molecule has 5 nitrogen and oxygen atoms in total. The van der Waals surface area contributed by atoms with E-state index in [1.165, 1.54) is 0 Å². The van der Waals surface area contributed by atoms with Gasteiger partial charge in [0.1, 0.15) is 0 Å². The second kappa shape index (κ2) is 8.27. The number of hydrogen-bond donors (Lipinski definition) is 2. The van der Waals surface area contributed by atoms with E-state index in [2.05, 4.69) is 10.0 Å². The van der Waals surface area contributed by atoms with E-state index in [9.17, 15) is 13.2 Å². The van der Waals surface area contributed by atoms with Crippen LogP contribution in [0.1, 0.15) is 36.5 Å². The van der Waals surface area contributed by atoms with Gasteiger partial charge in [-0.3, -0.25) is 4.79 Å². The van der Waals surface area contributed by atoms with Gasteiger partial charge in [-0.2, -0.15) is 0 Å². The number of rotatable bonds is 7. The summed E-state index contributed by atoms with van der Waals surface area (Å²) in [6.07, 6.45) is 0. The monoisotopic (exact) mass is 360 g/mol. The van der Waals surface area contributed by atoms with Crippen LogP contribution >= 0.6 is 0 Å². The molecule has 1 amide bonds. The second-order valence-corrected chi connectivity index (χ2v) is 8.08. The van der Waals surface area contributed by atoms with E-state index in [1.807, 2.05) is 45.0 Å². The zero-order valence-corrected chi connectivity index (χ0v) is 15.6. The molecule has 0 atom stereocenters. The lowest BCUT2D eigenvalue weighted by atomic mass is 10.0. The number of carbonyl (C=O) groups excluding carboxylic acids is 1. The number of carbonyl (C=O) groups is 1. The third-order valence-corrected chi connectivity index (χ3v) is 5.31. The van der Waals surface area contributed by atoms with Crippen LogP contribution in [0.5, 0.6) is 0 Å². The quantitative estimate of drug-likeness (QED) is 0.797. The predicted octanol–water partition coefficient (Wildman–Crippen LogP) is 2.71. The van der Waals surface area contributed by atoms with Gasteiger partial charge >= 0.3 is 0 Å². The van der Waals surface area contributed by atoms with E-state index in [0.717, 1.165) is 16.7 Å². The Labute approximate surface area is 149 Å². The van der Waals surface area contributed by atoms with Crippen LogP contribution in [0, 0.1) is 6.92 Å². The maximum absolute atomic E-state index is 12.2. The number of benzene rings is 2. The highest BCUT2D eigenvalue weighted by Crippen LogP contribution is 2.17. The minimum absolute atomic E-state index is 0.156. The molecule has 0 saturated heterocycles. The first-order chi connectivity index (χ1) is 11.8. The van der Waals surface area contributed by atoms with Gasteiger partial charge in [-0.1, -0.05) is 55.8 Å². The van der Waals surface area contributed by atoms with Crippen LogP contribution in [0.4, 0.5) is 0 Å². The van der Waals surface area contributed by atoms with Crippen LogP contribution < -0.4 is 10.0 Å². The molecule has 0 unspecified atom stereocenters. The summed E-state index contributed by atoms with van der Waals surface area (Å²) in [5.74, 6) is -0.0415. The normalized spacial score (nSPS) is 11.5. The topological polar surface area (TPSA) is 75.3 Å². The van der Waals surface area contributed by atoms with E-state index in [1.54, 1.807) is 24.3 Å². The Morgan fingerprint density at radius 3 is 2.16 bits per heavy atom. The molecule has 2 aromatic rings. The average Bonchev–Trinajstić information content (AvgIpc) is 2.59. The molecule has 0 aliphatic rings. The maximum Gasteiger partial charge on any atom is 0.241 e. The number of sulfonamides is 1. The molecule has 0 spiro atoms. The maximum atomic E-state index is 12.2. The summed E-state index contributed by atoms with van der Waals surface area (Å²) in [7, 11) is -3.70. The number of aryl methyl sites for hydroxylation is 1. The summed E-state index contributed by atoms with van der Waals surface area (Å²) in [4.78, 5) is 12.0. The second-order valence-electron chi connectivity index (χ2n) is 6.31. The summed E-state index contributed by atoms with van der Waals surface area (Å²) in [6, 6.07) is 14.5. The number of nitrogens with one attached hydrogen (secondary N) is 2. The van der Waals surface area contributed by atoms with Crippen LogP contribution in [-0.4, -0.2) is 20.9 Å². The molecular weight excluding hydrogens is 336 g/mol. The fourth-order valence-corrected chi connectivity index (χ4v) is 3.23. The van der Waals surface area contributed by atoms with Crippen molar-refractivity contribution >= 4 is 15.9 Å². The smallest absolute Gasteiger partial charge is 0.241 e. The largest absolute Gasteiger partial charge is 0.351 e. The van der Waals surface area contributed by atoms with Gasteiger partial charge in [0.2, 0.25) is 15.9 Å². The first-order valence-electron chi connectivity index (χ1n) is 8.20. The Kier molecular flexibility index (Phi) is 6.33. The van der Waals surface area contributed by atoms with Gasteiger partial charge in [-0.15, -0.1) is 0 Å². The van der Waals surface area contributed by atoms with Crippen molar-refractivity contribution in [3.8, 4) is 0 Å². The molecular formula is C19H24N2O3S. The van der Waals surface area contributed by atoms with Crippen LogP contribution in [0.2, 0.25) is 0 Å². The molecule has 25 heavy (non-hydrogen) atoms. The minimum atomic E-state index is -3.70. The van der Waals surface area contributed by atoms with Gasteiger partial charge < -0.3 is 5.32 Å². The van der Waals surface area contributed by atoms with E-state index in [0.29, 0.717) is 12.5 Å². The zero-order chi connectivity index (χ0) is 18.4. The predicted molar refractivity (Wildman–Crippen MR) is 98.7 cm³/mol. The summed E-state index contributed by atoms with van der Waals surface area (Å²) < 4.78 is 26.8. The van der Waals surface area contributed by atoms with E-state index < -0.39 is 10.0 Å². The van der Waals surface area contributed by atoms with Crippen molar-refractivity contribution in [3.05, 3.63) is 65.2 Å². The number of amides is 1. The fourth-order valence-electron chi connectivity index (χ4n) is 2.24. The zero-order valence-electron chi connectivity index (χ0n) is 14.7. The van der Waals surface area contributed by atoms with Crippen molar-refractivity contribution < 1.29 is 13.2 Å². The van der Waals surface area contributed by atoms with Crippen LogP contribution in [-0.2, 0) is 21.4 Å². The molecule has 0 saturated carbocycles. The van der Waals surface area contributed by atoms with E-state index in [-0.39, 0.29) is 17.3 Å². The third-order valence-electron chi connectivity index (χ3n) is 3.89. The average molecular weight is 360 g/mol. The first-order valence-corrected chi connectivity index (χ1v) is 9.68. The highest BCUT2D eigenvalue weighted by Gasteiger charge is 2.15. The lowest BCUT2D eigenvalue weighted by Gasteiger charge is -2.10. The Bertz CT molecular complexity index is 811. The highest BCUT2D eigenvalue weighted by atomic mass is 32.2. The Morgan fingerprint density at radius 2 is 1.60 bits per heavy atom. The molecule has 2 N–H and O–H groups in total. The lowest BCUT2D eigenvalue weighted by Crippen LogP contribution is -2.36. The van der Waals surface area contributed by atoms with Gasteiger partial charge in [-0.05, 0) is 36.1 Å². The Hall–Kier alpha value is -2.18. The minimum Gasteiger partial charge on any atom is -0.351 e. The van der Waals surface area contributed by atoms with Crippen molar-refractivity contribution in [1.82, 2.24) is 10.0 Å². The molecule has 2 aromatic carbocycles. The summed E-state index contributed by atoms with van der Waals surface area (Å²) in [5.41, 5.74) is 3.17. The standard InChI is InChI=1S/C19H24N2O3S/c1-14(2)17-8-10-18(11-9-17)25(23,24)21-13-19(22)20-12-16-6-4-15(3)5-7-16/h4-11,14,21H,12-13H2,1-3H3,(H,20,22). The Morgan fingerprint density at radius 1 is 1.00 bits per heavy atom. The number of hydrogen-bond acceptors (Lipinski definition) is 3. The summed E-state index contributed by atoms with van der Waals surface area (Å²) in [6.45, 7) is 6.15. The molecule has 134 valence electrons. The van der Waals surface area contributed by atoms with Crippen LogP contribution in [0.15, 0.2) is 53.4 Å². The molecule has 6 heteroatoms. The highest BCUT2D eigenvalue weighted by molar-refractivity contribution is 7.89. The van der Waals surface area contributed by atoms with E-state index >= 15 is 0 Å². The molecule has 0 aliphatic heterocycles. The SMILES string of the molecule is Cc1ccc(CNC(=O)CNS(=O)(=O)c2ccc(C(C)C)cc2)cc1.